The van der Waals surface area contributed by atoms with E-state index in [0.29, 0.717) is 6.04 Å². The van der Waals surface area contributed by atoms with Gasteiger partial charge in [-0.05, 0) is 37.9 Å². The van der Waals surface area contributed by atoms with Crippen molar-refractivity contribution in [2.75, 3.05) is 13.6 Å². The molecule has 0 spiro atoms. The SMILES string of the molecule is CN(Cc1ccccn1)CC1CC(N)C1. The molecular formula is C12H19N3. The van der Waals surface area contributed by atoms with Gasteiger partial charge in [0.25, 0.3) is 0 Å². The summed E-state index contributed by atoms with van der Waals surface area (Å²) < 4.78 is 0. The van der Waals surface area contributed by atoms with Crippen LogP contribution < -0.4 is 5.73 Å². The van der Waals surface area contributed by atoms with Gasteiger partial charge in [-0.2, -0.15) is 0 Å². The van der Waals surface area contributed by atoms with Gasteiger partial charge in [-0.3, -0.25) is 4.98 Å². The maximum Gasteiger partial charge on any atom is 0.0543 e. The van der Waals surface area contributed by atoms with Gasteiger partial charge >= 0.3 is 0 Å². The molecule has 1 fully saturated rings. The van der Waals surface area contributed by atoms with Crippen molar-refractivity contribution in [2.24, 2.45) is 11.7 Å². The summed E-state index contributed by atoms with van der Waals surface area (Å²) in [5.74, 6) is 0.800. The molecule has 3 nitrogen and oxygen atoms in total. The Bertz CT molecular complexity index is 293. The van der Waals surface area contributed by atoms with Crippen LogP contribution in [0.2, 0.25) is 0 Å². The van der Waals surface area contributed by atoms with Gasteiger partial charge in [0.05, 0.1) is 5.69 Å². The van der Waals surface area contributed by atoms with Crippen molar-refractivity contribution in [2.45, 2.75) is 25.4 Å². The molecule has 82 valence electrons. The normalized spacial score (nSPS) is 25.3. The van der Waals surface area contributed by atoms with E-state index in [0.717, 1.165) is 24.7 Å². The smallest absolute Gasteiger partial charge is 0.0543 e. The fraction of sp³-hybridized carbons (Fsp3) is 0.583. The lowest BCUT2D eigenvalue weighted by Gasteiger charge is -2.35. The first-order valence-electron chi connectivity index (χ1n) is 5.58. The summed E-state index contributed by atoms with van der Waals surface area (Å²) >= 11 is 0. The Kier molecular flexibility index (Phi) is 3.34. The van der Waals surface area contributed by atoms with E-state index in [1.54, 1.807) is 0 Å². The molecule has 0 aliphatic heterocycles. The van der Waals surface area contributed by atoms with Crippen molar-refractivity contribution >= 4 is 0 Å². The molecule has 0 unspecified atom stereocenters. The molecule has 1 heterocycles. The van der Waals surface area contributed by atoms with Gasteiger partial charge < -0.3 is 10.6 Å². The fourth-order valence-corrected chi connectivity index (χ4v) is 2.21. The van der Waals surface area contributed by atoms with Crippen molar-refractivity contribution in [3.05, 3.63) is 30.1 Å². The van der Waals surface area contributed by atoms with Gasteiger partial charge in [0.15, 0.2) is 0 Å². The zero-order valence-electron chi connectivity index (χ0n) is 9.26. The minimum atomic E-state index is 0.457. The molecule has 3 heteroatoms. The monoisotopic (exact) mass is 205 g/mol. The van der Waals surface area contributed by atoms with E-state index in [4.69, 9.17) is 5.73 Å². The van der Waals surface area contributed by atoms with Crippen LogP contribution in [0, 0.1) is 5.92 Å². The molecule has 0 atom stereocenters. The second kappa shape index (κ2) is 4.73. The third-order valence-electron chi connectivity index (χ3n) is 3.00. The summed E-state index contributed by atoms with van der Waals surface area (Å²) in [5, 5.41) is 0. The quantitative estimate of drug-likeness (QED) is 0.804. The molecule has 1 aromatic rings. The van der Waals surface area contributed by atoms with E-state index in [1.807, 2.05) is 18.3 Å². The standard InChI is InChI=1S/C12H19N3/c1-15(8-10-6-11(13)7-10)9-12-4-2-3-5-14-12/h2-5,10-11H,6-9,13H2,1H3. The molecular weight excluding hydrogens is 186 g/mol. The van der Waals surface area contributed by atoms with Crippen LogP contribution >= 0.6 is 0 Å². The Morgan fingerprint density at radius 2 is 2.27 bits per heavy atom. The van der Waals surface area contributed by atoms with Gasteiger partial charge in [0.2, 0.25) is 0 Å². The van der Waals surface area contributed by atoms with E-state index < -0.39 is 0 Å². The van der Waals surface area contributed by atoms with Crippen LogP contribution in [0.25, 0.3) is 0 Å². The molecule has 1 aromatic heterocycles. The highest BCUT2D eigenvalue weighted by Crippen LogP contribution is 2.26. The minimum Gasteiger partial charge on any atom is -0.328 e. The average Bonchev–Trinajstić information content (AvgIpc) is 2.17. The summed E-state index contributed by atoms with van der Waals surface area (Å²) in [6.45, 7) is 2.08. The predicted octanol–water partition coefficient (Wildman–Crippen LogP) is 1.25. The molecule has 0 saturated heterocycles. The van der Waals surface area contributed by atoms with Crippen LogP contribution in [-0.4, -0.2) is 29.5 Å². The molecule has 0 radical (unpaired) electrons. The highest BCUT2D eigenvalue weighted by molar-refractivity contribution is 5.03. The van der Waals surface area contributed by atoms with Crippen molar-refractivity contribution in [3.8, 4) is 0 Å². The van der Waals surface area contributed by atoms with Crippen LogP contribution in [0.1, 0.15) is 18.5 Å². The number of aromatic nitrogens is 1. The Morgan fingerprint density at radius 3 is 2.87 bits per heavy atom. The second-order valence-electron chi connectivity index (χ2n) is 4.62. The van der Waals surface area contributed by atoms with E-state index in [9.17, 15) is 0 Å². The highest BCUT2D eigenvalue weighted by atomic mass is 15.1. The molecule has 15 heavy (non-hydrogen) atoms. The summed E-state index contributed by atoms with van der Waals surface area (Å²) in [5.41, 5.74) is 6.91. The van der Waals surface area contributed by atoms with E-state index in [1.165, 1.54) is 12.8 Å². The van der Waals surface area contributed by atoms with E-state index >= 15 is 0 Å². The van der Waals surface area contributed by atoms with Gasteiger partial charge in [0.1, 0.15) is 0 Å². The van der Waals surface area contributed by atoms with Crippen LogP contribution in [0.3, 0.4) is 0 Å². The largest absolute Gasteiger partial charge is 0.328 e. The third-order valence-corrected chi connectivity index (χ3v) is 3.00. The number of pyridine rings is 1. The van der Waals surface area contributed by atoms with Gasteiger partial charge in [-0.15, -0.1) is 0 Å². The number of hydrogen-bond donors (Lipinski definition) is 1. The second-order valence-corrected chi connectivity index (χ2v) is 4.62. The minimum absolute atomic E-state index is 0.457. The molecule has 0 aromatic carbocycles. The predicted molar refractivity (Wildman–Crippen MR) is 61.3 cm³/mol. The lowest BCUT2D eigenvalue weighted by Crippen LogP contribution is -2.41. The number of rotatable bonds is 4. The first kappa shape index (κ1) is 10.6. The maximum atomic E-state index is 5.77. The summed E-state index contributed by atoms with van der Waals surface area (Å²) in [4.78, 5) is 6.65. The van der Waals surface area contributed by atoms with Crippen molar-refractivity contribution in [1.82, 2.24) is 9.88 Å². The summed E-state index contributed by atoms with van der Waals surface area (Å²) in [6, 6.07) is 6.52. The topological polar surface area (TPSA) is 42.2 Å². The number of hydrogen-bond acceptors (Lipinski definition) is 3. The highest BCUT2D eigenvalue weighted by Gasteiger charge is 2.26. The molecule has 1 saturated carbocycles. The molecule has 1 aliphatic carbocycles. The summed E-state index contributed by atoms with van der Waals surface area (Å²) in [7, 11) is 2.15. The number of nitrogens with two attached hydrogens (primary N) is 1. The lowest BCUT2D eigenvalue weighted by molar-refractivity contribution is 0.177. The van der Waals surface area contributed by atoms with Crippen LogP contribution in [0.15, 0.2) is 24.4 Å². The van der Waals surface area contributed by atoms with E-state index in [2.05, 4.69) is 23.0 Å². The third kappa shape index (κ3) is 3.01. The molecule has 1 aliphatic rings. The van der Waals surface area contributed by atoms with Crippen molar-refractivity contribution in [1.29, 1.82) is 0 Å². The van der Waals surface area contributed by atoms with Gasteiger partial charge in [-0.1, -0.05) is 6.07 Å². The molecule has 0 amide bonds. The Morgan fingerprint density at radius 1 is 1.47 bits per heavy atom. The van der Waals surface area contributed by atoms with Gasteiger partial charge in [0, 0.05) is 25.3 Å². The van der Waals surface area contributed by atoms with Crippen LogP contribution in [0.5, 0.6) is 0 Å². The van der Waals surface area contributed by atoms with E-state index in [-0.39, 0.29) is 0 Å². The van der Waals surface area contributed by atoms with Crippen molar-refractivity contribution in [3.63, 3.8) is 0 Å². The Hall–Kier alpha value is -0.930. The number of nitrogens with zero attached hydrogens (tertiary/aromatic N) is 2. The maximum absolute atomic E-state index is 5.77. The van der Waals surface area contributed by atoms with Crippen LogP contribution in [-0.2, 0) is 6.54 Å². The first-order valence-corrected chi connectivity index (χ1v) is 5.58. The zero-order valence-corrected chi connectivity index (χ0v) is 9.26. The first-order chi connectivity index (χ1) is 7.24. The van der Waals surface area contributed by atoms with Crippen molar-refractivity contribution < 1.29 is 0 Å². The molecule has 0 bridgehead atoms. The summed E-state index contributed by atoms with van der Waals surface area (Å²) in [6.07, 6.45) is 4.22. The lowest BCUT2D eigenvalue weighted by atomic mass is 9.80. The zero-order chi connectivity index (χ0) is 10.7. The average molecular weight is 205 g/mol. The molecule has 2 N–H and O–H groups in total. The van der Waals surface area contributed by atoms with Crippen LogP contribution in [0.4, 0.5) is 0 Å². The molecule has 2 rings (SSSR count). The fourth-order valence-electron chi connectivity index (χ4n) is 2.21. The van der Waals surface area contributed by atoms with Gasteiger partial charge in [-0.25, -0.2) is 0 Å². The Labute approximate surface area is 91.3 Å². The Balaban J connectivity index is 1.75.